The number of ketones is 1. The molecule has 0 aromatic carbocycles. The van der Waals surface area contributed by atoms with Crippen LogP contribution in [-0.4, -0.2) is 32.2 Å². The van der Waals surface area contributed by atoms with Gasteiger partial charge in [0.1, 0.15) is 5.78 Å². The Bertz CT molecular complexity index is 483. The number of hydrogen-bond donors (Lipinski definition) is 1. The van der Waals surface area contributed by atoms with Gasteiger partial charge in [-0.1, -0.05) is 34.1 Å². The zero-order chi connectivity index (χ0) is 17.6. The quantitative estimate of drug-likeness (QED) is 0.630. The number of Topliss-reactive ketones (excluding diaryl/α,β-unsaturated/α-hetero) is 1. The van der Waals surface area contributed by atoms with E-state index in [9.17, 15) is 9.59 Å². The van der Waals surface area contributed by atoms with Crippen molar-refractivity contribution in [1.29, 1.82) is 0 Å². The third kappa shape index (κ3) is 3.55. The fraction of sp³-hybridized carbons (Fsp3) is 0.889. The molecule has 1 N–H and O–H groups in total. The van der Waals surface area contributed by atoms with Crippen molar-refractivity contribution in [2.24, 2.45) is 17.8 Å². The molecule has 2 fully saturated rings. The van der Waals surface area contributed by atoms with Crippen molar-refractivity contribution in [2.75, 3.05) is 0 Å². The van der Waals surface area contributed by atoms with Crippen LogP contribution >= 0.6 is 0 Å². The standard InChI is InChI=1S/C18H33NO3Si/c1-11-9-8-10-13(16(11)20)15-14(17(21)19-15)12(2)22-23(6,7)18(3,4)5/h11-15H,8-10H2,1-7H3,(H,19,21)/t11-,12+,13-,14+,15+/m0/s1. The fourth-order valence-electron chi connectivity index (χ4n) is 3.64. The van der Waals surface area contributed by atoms with E-state index < -0.39 is 8.32 Å². The molecule has 0 radical (unpaired) electrons. The van der Waals surface area contributed by atoms with Crippen molar-refractivity contribution < 1.29 is 14.0 Å². The summed E-state index contributed by atoms with van der Waals surface area (Å²) in [5.74, 6) is 0.303. The Morgan fingerprint density at radius 3 is 2.35 bits per heavy atom. The van der Waals surface area contributed by atoms with Crippen LogP contribution in [0, 0.1) is 17.8 Å². The fourth-order valence-corrected chi connectivity index (χ4v) is 5.07. The molecule has 0 unspecified atom stereocenters. The van der Waals surface area contributed by atoms with Crippen molar-refractivity contribution in [3.8, 4) is 0 Å². The van der Waals surface area contributed by atoms with E-state index in [0.717, 1.165) is 19.3 Å². The summed E-state index contributed by atoms with van der Waals surface area (Å²) in [5.41, 5.74) is 0. The normalized spacial score (nSPS) is 33.9. The molecule has 5 atom stereocenters. The number of nitrogens with one attached hydrogen (secondary N) is 1. The van der Waals surface area contributed by atoms with Crippen LogP contribution in [0.2, 0.25) is 18.1 Å². The molecule has 2 aliphatic rings. The Labute approximate surface area is 141 Å². The summed E-state index contributed by atoms with van der Waals surface area (Å²) in [6.45, 7) is 15.1. The van der Waals surface area contributed by atoms with Gasteiger partial charge in [0, 0.05) is 11.8 Å². The zero-order valence-corrected chi connectivity index (χ0v) is 16.7. The van der Waals surface area contributed by atoms with Gasteiger partial charge >= 0.3 is 0 Å². The second kappa shape index (κ2) is 6.32. The SMILES string of the molecule is C[C@H]1CCC[C@@H]([C@H]2NC(=O)[C@@H]2[C@@H](C)O[Si](C)(C)C(C)(C)C)C1=O. The van der Waals surface area contributed by atoms with Gasteiger partial charge in [0.25, 0.3) is 0 Å². The first-order valence-electron chi connectivity index (χ1n) is 8.97. The van der Waals surface area contributed by atoms with Crippen LogP contribution in [0.5, 0.6) is 0 Å². The van der Waals surface area contributed by atoms with E-state index in [2.05, 4.69) is 39.2 Å². The van der Waals surface area contributed by atoms with Crippen LogP contribution in [0.25, 0.3) is 0 Å². The minimum Gasteiger partial charge on any atom is -0.413 e. The molecule has 1 amide bonds. The van der Waals surface area contributed by atoms with E-state index >= 15 is 0 Å². The van der Waals surface area contributed by atoms with Gasteiger partial charge in [-0.05, 0) is 37.9 Å². The van der Waals surface area contributed by atoms with E-state index in [1.807, 2.05) is 13.8 Å². The van der Waals surface area contributed by atoms with Crippen LogP contribution in [0.1, 0.15) is 53.9 Å². The van der Waals surface area contributed by atoms with E-state index in [4.69, 9.17) is 4.43 Å². The second-order valence-corrected chi connectivity index (χ2v) is 13.7. The van der Waals surface area contributed by atoms with Gasteiger partial charge in [0.2, 0.25) is 5.91 Å². The number of β-lactam (4-membered cyclic amide) rings is 1. The predicted octanol–water partition coefficient (Wildman–Crippen LogP) is 3.52. The highest BCUT2D eigenvalue weighted by molar-refractivity contribution is 6.74. The zero-order valence-electron chi connectivity index (χ0n) is 15.7. The number of hydrogen-bond acceptors (Lipinski definition) is 3. The highest BCUT2D eigenvalue weighted by atomic mass is 28.4. The van der Waals surface area contributed by atoms with E-state index in [0.29, 0.717) is 5.78 Å². The summed E-state index contributed by atoms with van der Waals surface area (Å²) in [5, 5.41) is 3.11. The van der Waals surface area contributed by atoms with Crippen LogP contribution in [0.3, 0.4) is 0 Å². The molecule has 1 aliphatic heterocycles. The molecule has 1 saturated heterocycles. The minimum absolute atomic E-state index is 0.0214. The lowest BCUT2D eigenvalue weighted by molar-refractivity contribution is -0.146. The second-order valence-electron chi connectivity index (χ2n) is 8.98. The molecule has 0 spiro atoms. The molecule has 4 nitrogen and oxygen atoms in total. The molecule has 2 rings (SSSR count). The summed E-state index contributed by atoms with van der Waals surface area (Å²) in [4.78, 5) is 24.7. The third-order valence-corrected chi connectivity index (χ3v) is 10.8. The van der Waals surface area contributed by atoms with Gasteiger partial charge in [0.05, 0.1) is 18.1 Å². The lowest BCUT2D eigenvalue weighted by atomic mass is 9.69. The Morgan fingerprint density at radius 2 is 1.83 bits per heavy atom. The topological polar surface area (TPSA) is 55.4 Å². The van der Waals surface area contributed by atoms with E-state index in [-0.39, 0.29) is 40.8 Å². The first-order chi connectivity index (χ1) is 10.5. The molecule has 0 bridgehead atoms. The third-order valence-electron chi connectivity index (χ3n) is 6.23. The van der Waals surface area contributed by atoms with Gasteiger partial charge in [0.15, 0.2) is 8.32 Å². The van der Waals surface area contributed by atoms with E-state index in [1.54, 1.807) is 0 Å². The van der Waals surface area contributed by atoms with Crippen LogP contribution < -0.4 is 5.32 Å². The summed E-state index contributed by atoms with van der Waals surface area (Å²) in [6, 6.07) is -0.0301. The number of carbonyl (C=O) groups excluding carboxylic acids is 2. The largest absolute Gasteiger partial charge is 0.413 e. The number of amides is 1. The van der Waals surface area contributed by atoms with Crippen LogP contribution in [0.4, 0.5) is 0 Å². The summed E-state index contributed by atoms with van der Waals surface area (Å²) >= 11 is 0. The molecular weight excluding hydrogens is 306 g/mol. The molecular formula is C18H33NO3Si. The highest BCUT2D eigenvalue weighted by Crippen LogP contribution is 2.41. The van der Waals surface area contributed by atoms with Crippen molar-refractivity contribution in [3.05, 3.63) is 0 Å². The Hall–Kier alpha value is -0.683. The molecule has 23 heavy (non-hydrogen) atoms. The van der Waals surface area contributed by atoms with Gasteiger partial charge < -0.3 is 9.74 Å². The van der Waals surface area contributed by atoms with Gasteiger partial charge in [-0.3, -0.25) is 9.59 Å². The van der Waals surface area contributed by atoms with Crippen LogP contribution in [-0.2, 0) is 14.0 Å². The molecule has 1 saturated carbocycles. The first kappa shape index (κ1) is 18.7. The molecule has 0 aromatic rings. The first-order valence-corrected chi connectivity index (χ1v) is 11.9. The Kier molecular flexibility index (Phi) is 5.12. The predicted molar refractivity (Wildman–Crippen MR) is 94.7 cm³/mol. The van der Waals surface area contributed by atoms with E-state index in [1.165, 1.54) is 0 Å². The Morgan fingerprint density at radius 1 is 1.22 bits per heavy atom. The monoisotopic (exact) mass is 339 g/mol. The highest BCUT2D eigenvalue weighted by Gasteiger charge is 2.52. The molecule has 1 heterocycles. The van der Waals surface area contributed by atoms with Crippen molar-refractivity contribution in [3.63, 3.8) is 0 Å². The number of rotatable bonds is 4. The molecule has 1 aliphatic carbocycles. The maximum Gasteiger partial charge on any atom is 0.228 e. The summed E-state index contributed by atoms with van der Waals surface area (Å²) in [7, 11) is -1.92. The van der Waals surface area contributed by atoms with Gasteiger partial charge in [-0.2, -0.15) is 0 Å². The average molecular weight is 340 g/mol. The summed E-state index contributed by atoms with van der Waals surface area (Å²) < 4.78 is 6.43. The average Bonchev–Trinajstić information content (AvgIpc) is 2.37. The van der Waals surface area contributed by atoms with Crippen molar-refractivity contribution in [2.45, 2.75) is 84.2 Å². The van der Waals surface area contributed by atoms with Crippen molar-refractivity contribution >= 4 is 20.0 Å². The lowest BCUT2D eigenvalue weighted by Gasteiger charge is -2.48. The maximum absolute atomic E-state index is 12.5. The smallest absolute Gasteiger partial charge is 0.228 e. The maximum atomic E-state index is 12.5. The van der Waals surface area contributed by atoms with Gasteiger partial charge in [-0.25, -0.2) is 0 Å². The Balaban J connectivity index is 2.08. The number of carbonyl (C=O) groups is 2. The molecule has 132 valence electrons. The minimum atomic E-state index is -1.92. The summed E-state index contributed by atoms with van der Waals surface area (Å²) in [6.07, 6.45) is 2.84. The lowest BCUT2D eigenvalue weighted by Crippen LogP contribution is -2.67. The van der Waals surface area contributed by atoms with Gasteiger partial charge in [-0.15, -0.1) is 0 Å². The van der Waals surface area contributed by atoms with Crippen LogP contribution in [0.15, 0.2) is 0 Å². The van der Waals surface area contributed by atoms with Crippen molar-refractivity contribution in [1.82, 2.24) is 5.32 Å². The molecule has 5 heteroatoms. The molecule has 0 aromatic heterocycles.